The Morgan fingerprint density at radius 3 is 2.58 bits per heavy atom. The zero-order valence-corrected chi connectivity index (χ0v) is 16.3. The summed E-state index contributed by atoms with van der Waals surface area (Å²) in [5.74, 6) is -0.359. The number of aliphatic hydroxyl groups excluding tert-OH is 3. The molecule has 1 aliphatic rings. The summed E-state index contributed by atoms with van der Waals surface area (Å²) in [5, 5.41) is 48.2. The molecular formula is C19H19N7O5. The van der Waals surface area contributed by atoms with Gasteiger partial charge in [-0.15, -0.1) is 5.10 Å². The average molecular weight is 425 g/mol. The fourth-order valence-corrected chi connectivity index (χ4v) is 3.51. The van der Waals surface area contributed by atoms with Gasteiger partial charge in [-0.05, 0) is 6.92 Å². The van der Waals surface area contributed by atoms with Crippen LogP contribution in [0.1, 0.15) is 11.8 Å². The normalized spacial score (nSPS) is 23.6. The third-order valence-corrected chi connectivity index (χ3v) is 5.23. The van der Waals surface area contributed by atoms with Gasteiger partial charge in [0.15, 0.2) is 17.4 Å². The fourth-order valence-electron chi connectivity index (χ4n) is 3.51. The molecule has 0 radical (unpaired) electrons. The molecule has 5 rings (SSSR count). The van der Waals surface area contributed by atoms with Gasteiger partial charge in [0.05, 0.1) is 19.1 Å². The Labute approximate surface area is 175 Å². The Kier molecular flexibility index (Phi) is 4.63. The summed E-state index contributed by atoms with van der Waals surface area (Å²) < 4.78 is 8.21. The van der Waals surface area contributed by atoms with Crippen LogP contribution in [0, 0.1) is 6.92 Å². The summed E-state index contributed by atoms with van der Waals surface area (Å²) in [6, 6.07) is 7.76. The van der Waals surface area contributed by atoms with Crippen LogP contribution in [0.15, 0.2) is 36.8 Å². The van der Waals surface area contributed by atoms with Crippen molar-refractivity contribution >= 4 is 11.2 Å². The monoisotopic (exact) mass is 425 g/mol. The van der Waals surface area contributed by atoms with Crippen LogP contribution in [0.5, 0.6) is 5.88 Å². The molecule has 3 aromatic heterocycles. The molecule has 0 bridgehead atoms. The number of hydrogen-bond acceptors (Lipinski definition) is 10. The van der Waals surface area contributed by atoms with Gasteiger partial charge in [-0.25, -0.2) is 4.98 Å². The Hall–Kier alpha value is -3.45. The Balaban J connectivity index is 1.54. The lowest BCUT2D eigenvalue weighted by Crippen LogP contribution is -2.33. The molecule has 4 aromatic rings. The highest BCUT2D eigenvalue weighted by atomic mass is 16.6. The maximum atomic E-state index is 10.4. The van der Waals surface area contributed by atoms with Crippen molar-refractivity contribution < 1.29 is 25.2 Å². The summed E-state index contributed by atoms with van der Waals surface area (Å²) in [6.07, 6.45) is -1.69. The van der Waals surface area contributed by atoms with Crippen molar-refractivity contribution in [1.82, 2.24) is 34.5 Å². The summed E-state index contributed by atoms with van der Waals surface area (Å²) >= 11 is 0. The first-order chi connectivity index (χ1) is 15.0. The van der Waals surface area contributed by atoms with Gasteiger partial charge in [0, 0.05) is 5.56 Å². The van der Waals surface area contributed by atoms with E-state index in [0.717, 1.165) is 11.1 Å². The number of nitrogens with zero attached hydrogens (tertiary/aromatic N) is 7. The first-order valence-electron chi connectivity index (χ1n) is 9.52. The number of imidazole rings is 1. The lowest BCUT2D eigenvalue weighted by molar-refractivity contribution is -0.0511. The third-order valence-electron chi connectivity index (χ3n) is 5.23. The zero-order valence-electron chi connectivity index (χ0n) is 16.3. The van der Waals surface area contributed by atoms with Crippen LogP contribution in [0.2, 0.25) is 0 Å². The standard InChI is InChI=1S/C19H19N7O5/c1-9-2-4-10(5-3-9)11-6-26(24-23-11)19-21-16-13(17(30)22-19)20-8-25(16)18-15(29)14(28)12(7-27)31-18/h2-6,8,12,14-15,18,27-29H,7H2,1H3,(H,21,22,30)/t12-,14-,15-,18-/m1/s1. The first kappa shape index (κ1) is 19.5. The van der Waals surface area contributed by atoms with E-state index in [1.54, 1.807) is 6.20 Å². The van der Waals surface area contributed by atoms with E-state index in [9.17, 15) is 20.4 Å². The van der Waals surface area contributed by atoms with E-state index in [0.29, 0.717) is 5.69 Å². The summed E-state index contributed by atoms with van der Waals surface area (Å²) in [4.78, 5) is 12.5. The molecule has 0 unspecified atom stereocenters. The topological polar surface area (TPSA) is 164 Å². The van der Waals surface area contributed by atoms with Gasteiger partial charge in [0.25, 0.3) is 5.95 Å². The van der Waals surface area contributed by atoms with E-state index in [2.05, 4.69) is 25.3 Å². The second-order valence-corrected chi connectivity index (χ2v) is 7.31. The molecule has 1 fully saturated rings. The number of aryl methyl sites for hydroxylation is 1. The number of fused-ring (bicyclic) bond motifs is 1. The Morgan fingerprint density at radius 1 is 1.10 bits per heavy atom. The van der Waals surface area contributed by atoms with E-state index in [4.69, 9.17) is 4.74 Å². The first-order valence-corrected chi connectivity index (χ1v) is 9.52. The maximum Gasteiger partial charge on any atom is 0.257 e. The van der Waals surface area contributed by atoms with Crippen molar-refractivity contribution in [3.63, 3.8) is 0 Å². The SMILES string of the molecule is Cc1ccc(-c2cn(-c3nc(O)c4ncn([C@@H]5O[C@H](CO)[C@@H](O)[C@H]5O)c4n3)nn2)cc1. The van der Waals surface area contributed by atoms with E-state index >= 15 is 0 Å². The van der Waals surface area contributed by atoms with E-state index in [1.165, 1.54) is 15.6 Å². The van der Waals surface area contributed by atoms with E-state index < -0.39 is 37.0 Å². The van der Waals surface area contributed by atoms with Crippen molar-refractivity contribution in [2.75, 3.05) is 6.61 Å². The number of aromatic hydroxyl groups is 1. The van der Waals surface area contributed by atoms with Gasteiger partial charge >= 0.3 is 0 Å². The summed E-state index contributed by atoms with van der Waals surface area (Å²) in [5.41, 5.74) is 2.82. The molecule has 12 heteroatoms. The summed E-state index contributed by atoms with van der Waals surface area (Å²) in [7, 11) is 0. The van der Waals surface area contributed by atoms with Crippen molar-refractivity contribution in [2.45, 2.75) is 31.5 Å². The molecule has 4 atom stereocenters. The van der Waals surface area contributed by atoms with Gasteiger partial charge in [-0.3, -0.25) is 4.57 Å². The van der Waals surface area contributed by atoms with Crippen molar-refractivity contribution in [1.29, 1.82) is 0 Å². The van der Waals surface area contributed by atoms with Crippen LogP contribution in [0.3, 0.4) is 0 Å². The molecule has 160 valence electrons. The highest BCUT2D eigenvalue weighted by Crippen LogP contribution is 2.32. The number of hydrogen-bond donors (Lipinski definition) is 4. The zero-order chi connectivity index (χ0) is 21.7. The smallest absolute Gasteiger partial charge is 0.257 e. The van der Waals surface area contributed by atoms with Gasteiger partial charge < -0.3 is 25.2 Å². The van der Waals surface area contributed by atoms with Crippen molar-refractivity contribution in [2.24, 2.45) is 0 Å². The molecule has 4 heterocycles. The maximum absolute atomic E-state index is 10.4. The molecule has 0 spiro atoms. The molecule has 1 saturated heterocycles. The van der Waals surface area contributed by atoms with Crippen LogP contribution < -0.4 is 0 Å². The molecule has 1 aliphatic heterocycles. The van der Waals surface area contributed by atoms with E-state index in [1.807, 2.05) is 31.2 Å². The predicted molar refractivity (Wildman–Crippen MR) is 105 cm³/mol. The fraction of sp³-hybridized carbons (Fsp3) is 0.316. The molecular weight excluding hydrogens is 406 g/mol. The van der Waals surface area contributed by atoms with Crippen molar-refractivity contribution in [3.05, 3.63) is 42.4 Å². The molecule has 1 aromatic carbocycles. The number of aromatic nitrogens is 7. The highest BCUT2D eigenvalue weighted by molar-refractivity contribution is 5.76. The van der Waals surface area contributed by atoms with Crippen LogP contribution in [0.4, 0.5) is 0 Å². The molecule has 12 nitrogen and oxygen atoms in total. The second kappa shape index (κ2) is 7.35. The van der Waals surface area contributed by atoms with Gasteiger partial charge in [-0.2, -0.15) is 14.6 Å². The average Bonchev–Trinajstić information content (AvgIpc) is 3.48. The lowest BCUT2D eigenvalue weighted by atomic mass is 10.1. The molecule has 0 aliphatic carbocycles. The molecule has 31 heavy (non-hydrogen) atoms. The van der Waals surface area contributed by atoms with E-state index in [-0.39, 0.29) is 17.1 Å². The Bertz CT molecular complexity index is 1240. The minimum absolute atomic E-state index is 0.0318. The Morgan fingerprint density at radius 2 is 1.87 bits per heavy atom. The van der Waals surface area contributed by atoms with Gasteiger partial charge in [-0.1, -0.05) is 35.0 Å². The van der Waals surface area contributed by atoms with Crippen molar-refractivity contribution in [3.8, 4) is 23.1 Å². The van der Waals surface area contributed by atoms with Crippen LogP contribution in [0.25, 0.3) is 28.4 Å². The lowest BCUT2D eigenvalue weighted by Gasteiger charge is -2.16. The number of aliphatic hydroxyl groups is 3. The largest absolute Gasteiger partial charge is 0.492 e. The molecule has 4 N–H and O–H groups in total. The predicted octanol–water partition coefficient (Wildman–Crippen LogP) is -0.300. The summed E-state index contributed by atoms with van der Waals surface area (Å²) in [6.45, 7) is 1.52. The van der Waals surface area contributed by atoms with Crippen LogP contribution in [-0.4, -0.2) is 79.9 Å². The minimum Gasteiger partial charge on any atom is -0.492 e. The van der Waals surface area contributed by atoms with Crippen LogP contribution in [-0.2, 0) is 4.74 Å². The van der Waals surface area contributed by atoms with Crippen LogP contribution >= 0.6 is 0 Å². The quantitative estimate of drug-likeness (QED) is 0.341. The molecule has 0 amide bonds. The minimum atomic E-state index is -1.32. The second-order valence-electron chi connectivity index (χ2n) is 7.31. The van der Waals surface area contributed by atoms with Gasteiger partial charge in [0.2, 0.25) is 5.88 Å². The number of ether oxygens (including phenoxy) is 1. The highest BCUT2D eigenvalue weighted by Gasteiger charge is 2.44. The number of benzene rings is 1. The molecule has 0 saturated carbocycles. The van der Waals surface area contributed by atoms with Gasteiger partial charge in [0.1, 0.15) is 24.0 Å². The number of rotatable bonds is 4. The third kappa shape index (κ3) is 3.21.